The minimum Gasteiger partial charge on any atom is -0.485 e. The van der Waals surface area contributed by atoms with Crippen molar-refractivity contribution in [2.75, 3.05) is 44.2 Å². The average Bonchev–Trinajstić information content (AvgIpc) is 3.10. The zero-order valence-corrected chi connectivity index (χ0v) is 20.1. The van der Waals surface area contributed by atoms with Gasteiger partial charge in [0, 0.05) is 26.2 Å². The molecule has 0 unspecified atom stereocenters. The maximum atomic E-state index is 13.7. The standard InChI is InChI=1S/C29H29N3O4/c33-28(32-23-9-3-1-7-21(23)13-14-22-8-2-4-10-24(22)32)19-30-15-17-31(18-16-30)29(34)27-20-35-25-11-5-6-12-26(25)36-27/h1-12,27H,13-20H2/t27-/m0/s1. The molecule has 0 N–H and O–H groups in total. The summed E-state index contributed by atoms with van der Waals surface area (Å²) in [6.07, 6.45) is 1.18. The van der Waals surface area contributed by atoms with Crippen LogP contribution in [0.25, 0.3) is 0 Å². The highest BCUT2D eigenvalue weighted by atomic mass is 16.6. The Hall–Kier alpha value is -3.84. The lowest BCUT2D eigenvalue weighted by atomic mass is 10.0. The van der Waals surface area contributed by atoms with Gasteiger partial charge in [-0.2, -0.15) is 0 Å². The Balaban J connectivity index is 1.11. The summed E-state index contributed by atoms with van der Waals surface area (Å²) in [5, 5.41) is 0. The van der Waals surface area contributed by atoms with Gasteiger partial charge in [-0.15, -0.1) is 0 Å². The number of hydrogen-bond donors (Lipinski definition) is 0. The SMILES string of the molecule is O=C([C@@H]1COc2ccccc2O1)N1CCN(CC(=O)N2c3ccccc3CCc3ccccc32)CC1. The molecule has 1 saturated heterocycles. The summed E-state index contributed by atoms with van der Waals surface area (Å²) in [6, 6.07) is 23.8. The number of hydrogen-bond acceptors (Lipinski definition) is 5. The van der Waals surface area contributed by atoms with Crippen molar-refractivity contribution in [3.05, 3.63) is 83.9 Å². The lowest BCUT2D eigenvalue weighted by molar-refractivity contribution is -0.143. The Morgan fingerprint density at radius 3 is 2.00 bits per heavy atom. The van der Waals surface area contributed by atoms with Gasteiger partial charge in [-0.3, -0.25) is 19.4 Å². The van der Waals surface area contributed by atoms with Crippen LogP contribution < -0.4 is 14.4 Å². The smallest absolute Gasteiger partial charge is 0.267 e. The number of ether oxygens (including phenoxy) is 2. The number of carbonyl (C=O) groups excluding carboxylic acids is 2. The fourth-order valence-corrected chi connectivity index (χ4v) is 5.28. The molecule has 2 amide bonds. The van der Waals surface area contributed by atoms with E-state index in [1.54, 1.807) is 0 Å². The molecule has 0 saturated carbocycles. The van der Waals surface area contributed by atoms with Crippen molar-refractivity contribution in [3.63, 3.8) is 0 Å². The van der Waals surface area contributed by atoms with Gasteiger partial charge in [0.25, 0.3) is 5.91 Å². The maximum absolute atomic E-state index is 13.7. The molecule has 7 nitrogen and oxygen atoms in total. The van der Waals surface area contributed by atoms with Gasteiger partial charge in [-0.05, 0) is 48.2 Å². The summed E-state index contributed by atoms with van der Waals surface area (Å²) in [4.78, 5) is 32.6. The van der Waals surface area contributed by atoms with Crippen molar-refractivity contribution in [2.45, 2.75) is 18.9 Å². The van der Waals surface area contributed by atoms with Crippen LogP contribution in [0.15, 0.2) is 72.8 Å². The van der Waals surface area contributed by atoms with Crippen molar-refractivity contribution in [1.82, 2.24) is 9.80 Å². The molecule has 3 aromatic rings. The van der Waals surface area contributed by atoms with E-state index in [-0.39, 0.29) is 18.4 Å². The minimum absolute atomic E-state index is 0.0530. The van der Waals surface area contributed by atoms with Crippen LogP contribution in [0.4, 0.5) is 11.4 Å². The average molecular weight is 484 g/mol. The quantitative estimate of drug-likeness (QED) is 0.571. The first kappa shape index (κ1) is 22.6. The van der Waals surface area contributed by atoms with E-state index in [1.165, 1.54) is 11.1 Å². The number of benzene rings is 3. The number of piperazine rings is 1. The molecule has 6 rings (SSSR count). The Morgan fingerprint density at radius 1 is 0.750 bits per heavy atom. The monoisotopic (exact) mass is 483 g/mol. The number of anilines is 2. The molecule has 0 bridgehead atoms. The van der Waals surface area contributed by atoms with Crippen molar-refractivity contribution < 1.29 is 19.1 Å². The summed E-state index contributed by atoms with van der Waals surface area (Å²) in [7, 11) is 0. The molecule has 184 valence electrons. The summed E-state index contributed by atoms with van der Waals surface area (Å²) in [5.41, 5.74) is 4.31. The highest BCUT2D eigenvalue weighted by Gasteiger charge is 2.34. The van der Waals surface area contributed by atoms with Gasteiger partial charge >= 0.3 is 0 Å². The van der Waals surface area contributed by atoms with Crippen LogP contribution in [-0.4, -0.2) is 67.0 Å². The van der Waals surface area contributed by atoms with Crippen LogP contribution in [0.2, 0.25) is 0 Å². The van der Waals surface area contributed by atoms with Crippen LogP contribution >= 0.6 is 0 Å². The second kappa shape index (κ2) is 9.66. The van der Waals surface area contributed by atoms with E-state index in [0.717, 1.165) is 24.2 Å². The van der Waals surface area contributed by atoms with Crippen LogP contribution in [0.3, 0.4) is 0 Å². The number of fused-ring (bicyclic) bond motifs is 3. The Bertz CT molecular complexity index is 1240. The van der Waals surface area contributed by atoms with Crippen LogP contribution in [0, 0.1) is 0 Å². The molecule has 1 fully saturated rings. The molecule has 3 aliphatic heterocycles. The number of para-hydroxylation sites is 4. The second-order valence-corrected chi connectivity index (χ2v) is 9.45. The van der Waals surface area contributed by atoms with Crippen LogP contribution in [0.5, 0.6) is 11.5 Å². The molecule has 0 radical (unpaired) electrons. The predicted octanol–water partition coefficient (Wildman–Crippen LogP) is 3.43. The van der Waals surface area contributed by atoms with E-state index >= 15 is 0 Å². The fourth-order valence-electron chi connectivity index (χ4n) is 5.28. The first-order valence-electron chi connectivity index (χ1n) is 12.6. The molecular weight excluding hydrogens is 454 g/mol. The Labute approximate surface area is 210 Å². The van der Waals surface area contributed by atoms with Crippen molar-refractivity contribution in [1.29, 1.82) is 0 Å². The molecule has 1 atom stereocenters. The van der Waals surface area contributed by atoms with Gasteiger partial charge in [-0.1, -0.05) is 48.5 Å². The predicted molar refractivity (Wildman–Crippen MR) is 137 cm³/mol. The van der Waals surface area contributed by atoms with Gasteiger partial charge in [-0.25, -0.2) is 0 Å². The summed E-state index contributed by atoms with van der Waals surface area (Å²) in [6.45, 7) is 2.91. The molecule has 0 spiro atoms. The highest BCUT2D eigenvalue weighted by molar-refractivity contribution is 6.03. The molecule has 3 aliphatic rings. The normalized spacial score (nSPS) is 19.2. The number of carbonyl (C=O) groups is 2. The fraction of sp³-hybridized carbons (Fsp3) is 0.310. The Kier molecular flexibility index (Phi) is 6.07. The van der Waals surface area contributed by atoms with Crippen LogP contribution in [-0.2, 0) is 22.4 Å². The van der Waals surface area contributed by atoms with Crippen LogP contribution in [0.1, 0.15) is 11.1 Å². The molecule has 36 heavy (non-hydrogen) atoms. The van der Waals surface area contributed by atoms with Gasteiger partial charge < -0.3 is 14.4 Å². The maximum Gasteiger partial charge on any atom is 0.267 e. The lowest BCUT2D eigenvalue weighted by Crippen LogP contribution is -2.55. The first-order chi connectivity index (χ1) is 17.7. The largest absolute Gasteiger partial charge is 0.485 e. The molecule has 7 heteroatoms. The topological polar surface area (TPSA) is 62.3 Å². The minimum atomic E-state index is -0.641. The number of rotatable bonds is 3. The number of amides is 2. The van der Waals surface area contributed by atoms with E-state index in [1.807, 2.05) is 70.5 Å². The van der Waals surface area contributed by atoms with E-state index in [2.05, 4.69) is 17.0 Å². The zero-order chi connectivity index (χ0) is 24.5. The molecule has 0 aliphatic carbocycles. The summed E-state index contributed by atoms with van der Waals surface area (Å²) in [5.74, 6) is 1.26. The third-order valence-corrected chi connectivity index (χ3v) is 7.20. The molecule has 3 aromatic carbocycles. The zero-order valence-electron chi connectivity index (χ0n) is 20.1. The van der Waals surface area contributed by atoms with E-state index in [4.69, 9.17) is 9.47 Å². The highest BCUT2D eigenvalue weighted by Crippen LogP contribution is 2.36. The van der Waals surface area contributed by atoms with Gasteiger partial charge in [0.1, 0.15) is 6.61 Å². The molecule has 0 aromatic heterocycles. The van der Waals surface area contributed by atoms with Crippen molar-refractivity contribution in [2.24, 2.45) is 0 Å². The van der Waals surface area contributed by atoms with E-state index < -0.39 is 6.10 Å². The van der Waals surface area contributed by atoms with Gasteiger partial charge in [0.2, 0.25) is 12.0 Å². The Morgan fingerprint density at radius 2 is 1.33 bits per heavy atom. The van der Waals surface area contributed by atoms with Crippen molar-refractivity contribution in [3.8, 4) is 11.5 Å². The van der Waals surface area contributed by atoms with Gasteiger partial charge in [0.15, 0.2) is 11.5 Å². The second-order valence-electron chi connectivity index (χ2n) is 9.45. The lowest BCUT2D eigenvalue weighted by Gasteiger charge is -2.37. The van der Waals surface area contributed by atoms with E-state index in [0.29, 0.717) is 44.2 Å². The van der Waals surface area contributed by atoms with Crippen molar-refractivity contribution >= 4 is 23.2 Å². The van der Waals surface area contributed by atoms with Gasteiger partial charge in [0.05, 0.1) is 17.9 Å². The molecule has 3 heterocycles. The molecular formula is C29H29N3O4. The summed E-state index contributed by atoms with van der Waals surface area (Å²) >= 11 is 0. The third-order valence-electron chi connectivity index (χ3n) is 7.20. The number of nitrogens with zero attached hydrogens (tertiary/aromatic N) is 3. The van der Waals surface area contributed by atoms with E-state index in [9.17, 15) is 9.59 Å². The third kappa shape index (κ3) is 4.31. The first-order valence-corrected chi connectivity index (χ1v) is 12.6. The number of aryl methyl sites for hydroxylation is 2. The summed E-state index contributed by atoms with van der Waals surface area (Å²) < 4.78 is 11.6.